The van der Waals surface area contributed by atoms with E-state index in [0.717, 1.165) is 23.4 Å². The van der Waals surface area contributed by atoms with Gasteiger partial charge in [-0.1, -0.05) is 36.2 Å². The second-order valence-corrected chi connectivity index (χ2v) is 5.24. The lowest BCUT2D eigenvalue weighted by molar-refractivity contribution is 0.686. The fraction of sp³-hybridized carbons (Fsp3) is 0.636. The summed E-state index contributed by atoms with van der Waals surface area (Å²) in [6, 6.07) is 1.78. The molecule has 1 aromatic rings. The van der Waals surface area contributed by atoms with Gasteiger partial charge in [0.15, 0.2) is 5.16 Å². The minimum absolute atomic E-state index is 0.504. The lowest BCUT2D eigenvalue weighted by atomic mass is 10.2. The molecule has 16 heavy (non-hydrogen) atoms. The van der Waals surface area contributed by atoms with Crippen molar-refractivity contribution in [2.24, 2.45) is 5.92 Å². The number of anilines is 1. The topological polar surface area (TPSA) is 37.8 Å². The predicted molar refractivity (Wildman–Crippen MR) is 69.3 cm³/mol. The maximum absolute atomic E-state index is 5.90. The molecular weight excluding hydrogens is 242 g/mol. The molecule has 0 amide bonds. The van der Waals surface area contributed by atoms with Crippen LogP contribution < -0.4 is 5.32 Å². The molecule has 0 aromatic carbocycles. The SMILES string of the molecule is CSc1nc(Cl)cc(NCCCC2CC2)n1. The highest BCUT2D eigenvalue weighted by Gasteiger charge is 2.19. The summed E-state index contributed by atoms with van der Waals surface area (Å²) in [6.07, 6.45) is 7.34. The third kappa shape index (κ3) is 3.83. The molecule has 1 heterocycles. The van der Waals surface area contributed by atoms with Gasteiger partial charge in [-0.05, 0) is 25.0 Å². The molecule has 88 valence electrons. The van der Waals surface area contributed by atoms with Crippen molar-refractivity contribution in [3.8, 4) is 0 Å². The summed E-state index contributed by atoms with van der Waals surface area (Å²) in [5, 5.41) is 4.52. The molecule has 0 bridgehead atoms. The van der Waals surface area contributed by atoms with Gasteiger partial charge in [-0.3, -0.25) is 0 Å². The van der Waals surface area contributed by atoms with Gasteiger partial charge >= 0.3 is 0 Å². The molecule has 0 aliphatic heterocycles. The molecule has 1 saturated carbocycles. The van der Waals surface area contributed by atoms with Crippen LogP contribution >= 0.6 is 23.4 Å². The third-order valence-electron chi connectivity index (χ3n) is 2.65. The van der Waals surface area contributed by atoms with Crippen molar-refractivity contribution in [1.82, 2.24) is 9.97 Å². The number of hydrogen-bond acceptors (Lipinski definition) is 4. The number of aromatic nitrogens is 2. The molecule has 1 aliphatic rings. The van der Waals surface area contributed by atoms with Gasteiger partial charge in [0.25, 0.3) is 0 Å². The van der Waals surface area contributed by atoms with Crippen molar-refractivity contribution in [1.29, 1.82) is 0 Å². The standard InChI is InChI=1S/C11H16ClN3S/c1-16-11-14-9(12)7-10(15-11)13-6-2-3-8-4-5-8/h7-8H,2-6H2,1H3,(H,13,14,15). The number of nitrogens with one attached hydrogen (secondary N) is 1. The van der Waals surface area contributed by atoms with E-state index in [0.29, 0.717) is 5.15 Å². The van der Waals surface area contributed by atoms with E-state index in [1.165, 1.54) is 37.4 Å². The van der Waals surface area contributed by atoms with E-state index in [1.807, 2.05) is 6.26 Å². The Morgan fingerprint density at radius 1 is 1.50 bits per heavy atom. The second kappa shape index (κ2) is 5.73. The summed E-state index contributed by atoms with van der Waals surface area (Å²) < 4.78 is 0. The van der Waals surface area contributed by atoms with E-state index in [9.17, 15) is 0 Å². The minimum atomic E-state index is 0.504. The molecule has 2 rings (SSSR count). The first-order valence-electron chi connectivity index (χ1n) is 5.60. The lowest BCUT2D eigenvalue weighted by Crippen LogP contribution is -2.04. The highest BCUT2D eigenvalue weighted by Crippen LogP contribution is 2.33. The fourth-order valence-corrected chi connectivity index (χ4v) is 2.21. The molecule has 1 aliphatic carbocycles. The number of rotatable bonds is 6. The monoisotopic (exact) mass is 257 g/mol. The molecule has 0 radical (unpaired) electrons. The van der Waals surface area contributed by atoms with E-state index in [1.54, 1.807) is 6.07 Å². The van der Waals surface area contributed by atoms with Crippen molar-refractivity contribution in [2.75, 3.05) is 18.1 Å². The molecule has 1 N–H and O–H groups in total. The molecular formula is C11H16ClN3S. The number of nitrogens with zero attached hydrogens (tertiary/aromatic N) is 2. The predicted octanol–water partition coefficient (Wildman–Crippen LogP) is 3.45. The lowest BCUT2D eigenvalue weighted by Gasteiger charge is -2.06. The quantitative estimate of drug-likeness (QED) is 0.367. The largest absolute Gasteiger partial charge is 0.370 e. The summed E-state index contributed by atoms with van der Waals surface area (Å²) in [7, 11) is 0. The first-order valence-corrected chi connectivity index (χ1v) is 7.20. The van der Waals surface area contributed by atoms with Gasteiger partial charge in [0.1, 0.15) is 11.0 Å². The van der Waals surface area contributed by atoms with Crippen molar-refractivity contribution in [3.63, 3.8) is 0 Å². The van der Waals surface area contributed by atoms with Crippen molar-refractivity contribution in [3.05, 3.63) is 11.2 Å². The number of thioether (sulfide) groups is 1. The highest BCUT2D eigenvalue weighted by molar-refractivity contribution is 7.98. The van der Waals surface area contributed by atoms with Crippen LogP contribution in [0.3, 0.4) is 0 Å². The van der Waals surface area contributed by atoms with E-state index < -0.39 is 0 Å². The Morgan fingerprint density at radius 3 is 3.00 bits per heavy atom. The zero-order chi connectivity index (χ0) is 11.4. The Labute approximate surface area is 105 Å². The Bertz CT molecular complexity index is 355. The fourth-order valence-electron chi connectivity index (χ4n) is 1.59. The molecule has 0 spiro atoms. The van der Waals surface area contributed by atoms with Crippen molar-refractivity contribution >= 4 is 29.2 Å². The van der Waals surface area contributed by atoms with Gasteiger partial charge in [-0.2, -0.15) is 0 Å². The number of halogens is 1. The van der Waals surface area contributed by atoms with Gasteiger partial charge in [0.05, 0.1) is 0 Å². The maximum Gasteiger partial charge on any atom is 0.190 e. The summed E-state index contributed by atoms with van der Waals surface area (Å²) in [6.45, 7) is 0.970. The average molecular weight is 258 g/mol. The second-order valence-electron chi connectivity index (χ2n) is 4.07. The molecule has 5 heteroatoms. The summed E-state index contributed by atoms with van der Waals surface area (Å²) in [5.74, 6) is 1.83. The summed E-state index contributed by atoms with van der Waals surface area (Å²) in [5.41, 5.74) is 0. The molecule has 1 aromatic heterocycles. The van der Waals surface area contributed by atoms with Crippen molar-refractivity contribution in [2.45, 2.75) is 30.8 Å². The van der Waals surface area contributed by atoms with E-state index in [2.05, 4.69) is 15.3 Å². The highest BCUT2D eigenvalue weighted by atomic mass is 35.5. The summed E-state index contributed by atoms with van der Waals surface area (Å²) in [4.78, 5) is 8.44. The van der Waals surface area contributed by atoms with Crippen LogP contribution in [0, 0.1) is 5.92 Å². The van der Waals surface area contributed by atoms with Crippen LogP contribution in [-0.2, 0) is 0 Å². The Balaban J connectivity index is 1.80. The van der Waals surface area contributed by atoms with Crippen LogP contribution in [0.25, 0.3) is 0 Å². The van der Waals surface area contributed by atoms with Gasteiger partial charge in [-0.25, -0.2) is 9.97 Å². The Kier molecular flexibility index (Phi) is 4.29. The first-order chi connectivity index (χ1) is 7.78. The van der Waals surface area contributed by atoms with Crippen LogP contribution in [0.15, 0.2) is 11.2 Å². The van der Waals surface area contributed by atoms with Crippen molar-refractivity contribution < 1.29 is 0 Å². The zero-order valence-corrected chi connectivity index (χ0v) is 10.9. The minimum Gasteiger partial charge on any atom is -0.370 e. The number of hydrogen-bond donors (Lipinski definition) is 1. The smallest absolute Gasteiger partial charge is 0.190 e. The maximum atomic E-state index is 5.90. The van der Waals surface area contributed by atoms with Crippen LogP contribution in [0.5, 0.6) is 0 Å². The first kappa shape index (κ1) is 12.0. The zero-order valence-electron chi connectivity index (χ0n) is 9.37. The van der Waals surface area contributed by atoms with E-state index in [-0.39, 0.29) is 0 Å². The third-order valence-corrected chi connectivity index (χ3v) is 3.39. The molecule has 3 nitrogen and oxygen atoms in total. The van der Waals surface area contributed by atoms with Crippen LogP contribution in [0.4, 0.5) is 5.82 Å². The van der Waals surface area contributed by atoms with Crippen LogP contribution in [0.2, 0.25) is 5.15 Å². The van der Waals surface area contributed by atoms with Gasteiger partial charge in [0, 0.05) is 12.6 Å². The normalized spacial score (nSPS) is 15.1. The average Bonchev–Trinajstić information content (AvgIpc) is 3.07. The Hall–Kier alpha value is -0.480. The van der Waals surface area contributed by atoms with E-state index >= 15 is 0 Å². The Morgan fingerprint density at radius 2 is 2.31 bits per heavy atom. The molecule has 0 unspecified atom stereocenters. The van der Waals surface area contributed by atoms with Gasteiger partial charge in [0.2, 0.25) is 0 Å². The van der Waals surface area contributed by atoms with Crippen LogP contribution in [0.1, 0.15) is 25.7 Å². The molecule has 0 atom stereocenters. The van der Waals surface area contributed by atoms with Crippen LogP contribution in [-0.4, -0.2) is 22.8 Å². The molecule has 0 saturated heterocycles. The van der Waals surface area contributed by atoms with Gasteiger partial charge < -0.3 is 5.32 Å². The summed E-state index contributed by atoms with van der Waals surface area (Å²) >= 11 is 7.40. The van der Waals surface area contributed by atoms with Gasteiger partial charge in [-0.15, -0.1) is 0 Å². The van der Waals surface area contributed by atoms with E-state index in [4.69, 9.17) is 11.6 Å². The molecule has 1 fully saturated rings.